The van der Waals surface area contributed by atoms with E-state index >= 15 is 0 Å². The zero-order valence-corrected chi connectivity index (χ0v) is 51.0. The molecule has 0 saturated heterocycles. The summed E-state index contributed by atoms with van der Waals surface area (Å²) in [4.78, 5) is -0.0850. The van der Waals surface area contributed by atoms with Crippen LogP contribution in [0.2, 0.25) is 0 Å². The van der Waals surface area contributed by atoms with E-state index in [4.69, 9.17) is 0 Å². The zero-order chi connectivity index (χ0) is 52.3. The van der Waals surface area contributed by atoms with Crippen LogP contribution in [0.15, 0.2) is 58.3 Å². The molecule has 2 rings (SSSR count). The van der Waals surface area contributed by atoms with Gasteiger partial charge in [-0.2, -0.15) is 0 Å². The van der Waals surface area contributed by atoms with Crippen molar-refractivity contribution in [2.24, 2.45) is 0 Å². The fraction of sp³-hybridized carbons (Fsp3) is 0.812. The third-order valence-corrected chi connectivity index (χ3v) is 17.0. The monoisotopic (exact) mass is 1070 g/mol. The molecule has 9 heteroatoms. The normalized spacial score (nSPS) is 11.7. The largest absolute Gasteiger partial charge is 2.00 e. The first-order valence-electron chi connectivity index (χ1n) is 31.2. The summed E-state index contributed by atoms with van der Waals surface area (Å²) < 4.78 is 68.0. The average Bonchev–Trinajstić information content (AvgIpc) is 3.36. The van der Waals surface area contributed by atoms with Gasteiger partial charge in [0, 0.05) is 0 Å². The molecule has 0 atom stereocenters. The molecule has 0 aliphatic rings. The van der Waals surface area contributed by atoms with Crippen LogP contribution in [0.25, 0.3) is 0 Å². The third-order valence-electron chi connectivity index (χ3n) is 15.1. The van der Waals surface area contributed by atoms with Gasteiger partial charge in [-0.25, -0.2) is 16.8 Å². The van der Waals surface area contributed by atoms with Crippen molar-refractivity contribution in [3.8, 4) is 0 Å². The Balaban J connectivity index is 0.00000140. The molecule has 0 heterocycles. The zero-order valence-electron chi connectivity index (χ0n) is 47.9. The minimum atomic E-state index is -4.36. The Bertz CT molecular complexity index is 1560. The van der Waals surface area contributed by atoms with Crippen LogP contribution in [-0.4, -0.2) is 49.0 Å². The molecule has 0 aliphatic heterocycles. The van der Waals surface area contributed by atoms with E-state index in [0.29, 0.717) is 24.0 Å². The van der Waals surface area contributed by atoms with Crippen LogP contribution >= 0.6 is 0 Å². The van der Waals surface area contributed by atoms with Crippen molar-refractivity contribution in [1.82, 2.24) is 0 Å². The maximum atomic E-state index is 11.3. The van der Waals surface area contributed by atoms with Gasteiger partial charge in [0.15, 0.2) is 0 Å². The van der Waals surface area contributed by atoms with Crippen molar-refractivity contribution in [1.29, 1.82) is 0 Å². The van der Waals surface area contributed by atoms with E-state index in [1.54, 1.807) is 24.3 Å². The Morgan fingerprint density at radius 2 is 0.411 bits per heavy atom. The van der Waals surface area contributed by atoms with Gasteiger partial charge in [-0.05, 0) is 48.9 Å². The van der Waals surface area contributed by atoms with Gasteiger partial charge in [-0.3, -0.25) is 0 Å². The van der Waals surface area contributed by atoms with Crippen LogP contribution in [0, 0.1) is 0 Å². The van der Waals surface area contributed by atoms with Gasteiger partial charge < -0.3 is 9.11 Å². The first kappa shape index (κ1) is 72.0. The van der Waals surface area contributed by atoms with E-state index in [-0.39, 0.29) is 32.8 Å². The molecule has 73 heavy (non-hydrogen) atoms. The molecule has 2 aromatic carbocycles. The SMILES string of the molecule is CCCCCCCCCCCCCCCCCCCCCCCCCCc1ccccc1S(=O)(=O)[O-].CCCCCCCCCCCCCCCCCCCCCCCCCCc1ccccc1S(=O)(=O)[O-].[Mg+2]. The summed E-state index contributed by atoms with van der Waals surface area (Å²) in [6.45, 7) is 4.58. The van der Waals surface area contributed by atoms with Gasteiger partial charge in [0.25, 0.3) is 0 Å². The van der Waals surface area contributed by atoms with E-state index in [0.717, 1.165) is 25.7 Å². The third kappa shape index (κ3) is 46.8. The summed E-state index contributed by atoms with van der Waals surface area (Å²) >= 11 is 0. The summed E-state index contributed by atoms with van der Waals surface area (Å²) in [7, 11) is -8.72. The number of benzene rings is 2. The van der Waals surface area contributed by atoms with Crippen molar-refractivity contribution >= 4 is 43.3 Å². The van der Waals surface area contributed by atoms with Crippen molar-refractivity contribution < 1.29 is 25.9 Å². The quantitative estimate of drug-likeness (QED) is 0.0370. The molecule has 0 amide bonds. The summed E-state index contributed by atoms with van der Waals surface area (Å²) in [5.41, 5.74) is 1.35. The van der Waals surface area contributed by atoms with Crippen molar-refractivity contribution in [2.75, 3.05) is 0 Å². The summed E-state index contributed by atoms with van der Waals surface area (Å²) in [5, 5.41) is 0. The van der Waals surface area contributed by atoms with Gasteiger partial charge in [0.05, 0.1) is 9.79 Å². The van der Waals surface area contributed by atoms with Gasteiger partial charge >= 0.3 is 23.1 Å². The smallest absolute Gasteiger partial charge is 0.744 e. The second-order valence-electron chi connectivity index (χ2n) is 21.9. The first-order chi connectivity index (χ1) is 35.1. The van der Waals surface area contributed by atoms with E-state index in [1.807, 2.05) is 12.1 Å². The van der Waals surface area contributed by atoms with Crippen molar-refractivity contribution in [3.05, 3.63) is 59.7 Å². The molecule has 0 aromatic heterocycles. The average molecular weight is 1070 g/mol. The summed E-state index contributed by atoms with van der Waals surface area (Å²) in [5.74, 6) is 0. The molecule has 0 bridgehead atoms. The van der Waals surface area contributed by atoms with Crippen LogP contribution in [0.3, 0.4) is 0 Å². The van der Waals surface area contributed by atoms with Crippen molar-refractivity contribution in [3.63, 3.8) is 0 Å². The fourth-order valence-electron chi connectivity index (χ4n) is 10.5. The minimum absolute atomic E-state index is 0. The van der Waals surface area contributed by atoms with Gasteiger partial charge in [0.2, 0.25) is 0 Å². The van der Waals surface area contributed by atoms with Crippen LogP contribution in [0.4, 0.5) is 0 Å². The number of hydrogen-bond donors (Lipinski definition) is 0. The Labute approximate surface area is 470 Å². The molecule has 6 nitrogen and oxygen atoms in total. The Morgan fingerprint density at radius 3 is 0.575 bits per heavy atom. The van der Waals surface area contributed by atoms with Crippen LogP contribution < -0.4 is 0 Å². The Morgan fingerprint density at radius 1 is 0.260 bits per heavy atom. The molecule has 0 saturated carbocycles. The molecular weight excluding hydrogens is 953 g/mol. The maximum absolute atomic E-state index is 11.3. The molecule has 0 N–H and O–H groups in total. The first-order valence-corrected chi connectivity index (χ1v) is 34.0. The number of aryl methyl sites for hydroxylation is 2. The predicted molar refractivity (Wildman–Crippen MR) is 315 cm³/mol. The number of hydrogen-bond acceptors (Lipinski definition) is 6. The van der Waals surface area contributed by atoms with Gasteiger partial charge in [0.1, 0.15) is 20.2 Å². The van der Waals surface area contributed by atoms with Gasteiger partial charge in [-0.15, -0.1) is 0 Å². The predicted octanol–water partition coefficient (Wildman–Crippen LogP) is 20.7. The molecule has 420 valence electrons. The molecule has 2 aromatic rings. The van der Waals surface area contributed by atoms with E-state index < -0.39 is 20.2 Å². The second-order valence-corrected chi connectivity index (χ2v) is 24.6. The standard InChI is InChI=1S/2C32H58O3S.Mg/c2*1-2-3-4-5-6-7-8-9-10-11-12-13-14-15-16-17-18-19-20-21-22-23-24-25-28-31-29-26-27-30-32(31)36(33,34)35;/h2*26-27,29-30H,2-25,28H2,1H3,(H,33,34,35);/q;;+2/p-2. The van der Waals surface area contributed by atoms with Crippen LogP contribution in [-0.2, 0) is 33.1 Å². The summed E-state index contributed by atoms with van der Waals surface area (Å²) in [6.07, 6.45) is 67.1. The minimum Gasteiger partial charge on any atom is -0.744 e. The van der Waals surface area contributed by atoms with E-state index in [9.17, 15) is 25.9 Å². The topological polar surface area (TPSA) is 114 Å². The molecule has 0 spiro atoms. The Hall–Kier alpha value is -0.974. The molecular formula is C64H114MgO6S2. The van der Waals surface area contributed by atoms with Crippen molar-refractivity contribution in [2.45, 2.75) is 345 Å². The van der Waals surface area contributed by atoms with E-state index in [1.165, 1.54) is 295 Å². The maximum Gasteiger partial charge on any atom is 2.00 e. The second kappa shape index (κ2) is 53.1. The molecule has 0 radical (unpaired) electrons. The van der Waals surface area contributed by atoms with Crippen LogP contribution in [0.5, 0.6) is 0 Å². The van der Waals surface area contributed by atoms with E-state index in [2.05, 4.69) is 13.8 Å². The molecule has 0 aliphatic carbocycles. The summed E-state index contributed by atoms with van der Waals surface area (Å²) in [6, 6.07) is 13.2. The number of rotatable bonds is 52. The molecule has 0 unspecified atom stereocenters. The Kier molecular flexibility index (Phi) is 52.3. The molecule has 0 fully saturated rings. The fourth-order valence-corrected chi connectivity index (χ4v) is 11.9. The van der Waals surface area contributed by atoms with Gasteiger partial charge in [-0.1, -0.05) is 346 Å². The number of unbranched alkanes of at least 4 members (excludes halogenated alkanes) is 46. The van der Waals surface area contributed by atoms with Crippen LogP contribution in [0.1, 0.15) is 333 Å².